The number of ether oxygens (including phenoxy) is 1. The molecule has 162 valence electrons. The minimum atomic E-state index is -0.772. The minimum absolute atomic E-state index is 0.233. The van der Waals surface area contributed by atoms with Gasteiger partial charge >= 0.3 is 6.09 Å². The molecule has 29 heavy (non-hydrogen) atoms. The van der Waals surface area contributed by atoms with E-state index in [1.807, 2.05) is 31.2 Å². The van der Waals surface area contributed by atoms with Gasteiger partial charge in [0.05, 0.1) is 0 Å². The third-order valence-electron chi connectivity index (χ3n) is 4.37. The number of rotatable bonds is 9. The lowest BCUT2D eigenvalue weighted by Gasteiger charge is -2.29. The second kappa shape index (κ2) is 11.4. The van der Waals surface area contributed by atoms with Gasteiger partial charge in [-0.1, -0.05) is 44.0 Å². The quantitative estimate of drug-likeness (QED) is 0.617. The van der Waals surface area contributed by atoms with Crippen LogP contribution in [0.2, 0.25) is 0 Å². The SMILES string of the molecule is CCCCCNC(=O)C(c1ccccc1C)N(C)C(=O)CNC(=O)OC(C)(C)C. The van der Waals surface area contributed by atoms with Crippen molar-refractivity contribution in [3.8, 4) is 0 Å². The monoisotopic (exact) mass is 405 g/mol. The van der Waals surface area contributed by atoms with Crippen molar-refractivity contribution < 1.29 is 19.1 Å². The fraction of sp³-hybridized carbons (Fsp3) is 0.591. The highest BCUT2D eigenvalue weighted by atomic mass is 16.6. The predicted octanol–water partition coefficient (Wildman–Crippen LogP) is 3.33. The minimum Gasteiger partial charge on any atom is -0.444 e. The van der Waals surface area contributed by atoms with Crippen LogP contribution in [0.4, 0.5) is 4.79 Å². The van der Waals surface area contributed by atoms with Crippen LogP contribution in [0.5, 0.6) is 0 Å². The van der Waals surface area contributed by atoms with E-state index >= 15 is 0 Å². The molecule has 0 aliphatic carbocycles. The van der Waals surface area contributed by atoms with Crippen LogP contribution in [-0.2, 0) is 14.3 Å². The molecule has 0 aliphatic rings. The van der Waals surface area contributed by atoms with Crippen molar-refractivity contribution in [3.05, 3.63) is 35.4 Å². The molecule has 1 aromatic rings. The summed E-state index contributed by atoms with van der Waals surface area (Å²) < 4.78 is 5.16. The third-order valence-corrected chi connectivity index (χ3v) is 4.37. The maximum Gasteiger partial charge on any atom is 0.408 e. The standard InChI is InChI=1S/C22H35N3O4/c1-7-8-11-14-23-20(27)19(17-13-10-9-12-16(17)2)25(6)18(26)15-24-21(28)29-22(3,4)5/h9-10,12-13,19H,7-8,11,14-15H2,1-6H3,(H,23,27)(H,24,28). The fourth-order valence-electron chi connectivity index (χ4n) is 2.83. The number of likely N-dealkylation sites (N-methyl/N-ethyl adjacent to an activating group) is 1. The molecule has 2 N–H and O–H groups in total. The van der Waals surface area contributed by atoms with Crippen molar-refractivity contribution >= 4 is 17.9 Å². The molecule has 0 bridgehead atoms. The molecule has 0 spiro atoms. The van der Waals surface area contributed by atoms with Gasteiger partial charge in [0.15, 0.2) is 0 Å². The van der Waals surface area contributed by atoms with E-state index in [1.165, 1.54) is 4.90 Å². The number of hydrogen-bond donors (Lipinski definition) is 2. The highest BCUT2D eigenvalue weighted by molar-refractivity contribution is 5.90. The molecule has 1 unspecified atom stereocenters. The Morgan fingerprint density at radius 1 is 1.10 bits per heavy atom. The molecule has 0 saturated carbocycles. The van der Waals surface area contributed by atoms with Crippen molar-refractivity contribution in [2.45, 2.75) is 65.5 Å². The Kier molecular flexibility index (Phi) is 9.65. The molecule has 1 atom stereocenters. The number of carbonyl (C=O) groups excluding carboxylic acids is 3. The van der Waals surface area contributed by atoms with E-state index in [1.54, 1.807) is 27.8 Å². The molecule has 0 fully saturated rings. The molecular weight excluding hydrogens is 370 g/mol. The van der Waals surface area contributed by atoms with Gasteiger partial charge in [0.1, 0.15) is 18.2 Å². The molecule has 0 saturated heterocycles. The number of unbranched alkanes of at least 4 members (excludes halogenated alkanes) is 2. The zero-order valence-corrected chi connectivity index (χ0v) is 18.5. The van der Waals surface area contributed by atoms with E-state index in [9.17, 15) is 14.4 Å². The van der Waals surface area contributed by atoms with Crippen LogP contribution in [0.25, 0.3) is 0 Å². The largest absolute Gasteiger partial charge is 0.444 e. The molecule has 0 aromatic heterocycles. The molecule has 7 heteroatoms. The Balaban J connectivity index is 2.88. The smallest absolute Gasteiger partial charge is 0.408 e. The van der Waals surface area contributed by atoms with Gasteiger partial charge in [-0.25, -0.2) is 4.79 Å². The molecule has 0 radical (unpaired) electrons. The van der Waals surface area contributed by atoms with Gasteiger partial charge in [-0.05, 0) is 45.2 Å². The Morgan fingerprint density at radius 2 is 1.76 bits per heavy atom. The number of aryl methyl sites for hydroxylation is 1. The number of hydrogen-bond acceptors (Lipinski definition) is 4. The van der Waals surface area contributed by atoms with Crippen LogP contribution in [-0.4, -0.2) is 48.5 Å². The van der Waals surface area contributed by atoms with Crippen molar-refractivity contribution in [2.24, 2.45) is 0 Å². The summed E-state index contributed by atoms with van der Waals surface area (Å²) >= 11 is 0. The molecular formula is C22H35N3O4. The van der Waals surface area contributed by atoms with Crippen LogP contribution in [0, 0.1) is 6.92 Å². The highest BCUT2D eigenvalue weighted by Crippen LogP contribution is 2.23. The normalized spacial score (nSPS) is 12.1. The molecule has 3 amide bonds. The summed E-state index contributed by atoms with van der Waals surface area (Å²) in [6, 6.07) is 6.71. The van der Waals surface area contributed by atoms with E-state index in [-0.39, 0.29) is 18.4 Å². The van der Waals surface area contributed by atoms with Crippen LogP contribution in [0.3, 0.4) is 0 Å². The van der Waals surface area contributed by atoms with Gasteiger partial charge < -0.3 is 20.3 Å². The van der Waals surface area contributed by atoms with Gasteiger partial charge in [0, 0.05) is 13.6 Å². The van der Waals surface area contributed by atoms with Crippen LogP contribution >= 0.6 is 0 Å². The lowest BCUT2D eigenvalue weighted by molar-refractivity contribution is -0.138. The summed E-state index contributed by atoms with van der Waals surface area (Å²) in [6.07, 6.45) is 2.31. The van der Waals surface area contributed by atoms with E-state index in [0.717, 1.165) is 30.4 Å². The van der Waals surface area contributed by atoms with Gasteiger partial charge in [-0.3, -0.25) is 9.59 Å². The van der Waals surface area contributed by atoms with Crippen LogP contribution < -0.4 is 10.6 Å². The number of nitrogens with one attached hydrogen (secondary N) is 2. The summed E-state index contributed by atoms with van der Waals surface area (Å²) in [5, 5.41) is 5.39. The second-order valence-electron chi connectivity index (χ2n) is 8.12. The van der Waals surface area contributed by atoms with Crippen molar-refractivity contribution in [3.63, 3.8) is 0 Å². The fourth-order valence-corrected chi connectivity index (χ4v) is 2.83. The van der Waals surface area contributed by atoms with Gasteiger partial charge in [-0.2, -0.15) is 0 Å². The first kappa shape index (κ1) is 24.5. The van der Waals surface area contributed by atoms with Crippen molar-refractivity contribution in [1.29, 1.82) is 0 Å². The van der Waals surface area contributed by atoms with E-state index < -0.39 is 17.7 Å². The number of alkyl carbamates (subject to hydrolysis) is 1. The van der Waals surface area contributed by atoms with Crippen molar-refractivity contribution in [2.75, 3.05) is 20.1 Å². The third kappa shape index (κ3) is 8.54. The van der Waals surface area contributed by atoms with E-state index in [0.29, 0.717) is 6.54 Å². The van der Waals surface area contributed by atoms with Gasteiger partial charge in [-0.15, -0.1) is 0 Å². The molecule has 1 rings (SSSR count). The average molecular weight is 406 g/mol. The Bertz CT molecular complexity index is 698. The summed E-state index contributed by atoms with van der Waals surface area (Å²) in [5.41, 5.74) is 1.02. The second-order valence-corrected chi connectivity index (χ2v) is 8.12. The van der Waals surface area contributed by atoms with Crippen LogP contribution in [0.15, 0.2) is 24.3 Å². The van der Waals surface area contributed by atoms with Crippen LogP contribution in [0.1, 0.15) is 64.1 Å². The molecule has 0 aliphatic heterocycles. The summed E-state index contributed by atoms with van der Waals surface area (Å²) in [7, 11) is 1.57. The maximum atomic E-state index is 12.9. The summed E-state index contributed by atoms with van der Waals surface area (Å²) in [6.45, 7) is 9.56. The first-order valence-electron chi connectivity index (χ1n) is 10.1. The van der Waals surface area contributed by atoms with Crippen molar-refractivity contribution in [1.82, 2.24) is 15.5 Å². The number of benzene rings is 1. The van der Waals surface area contributed by atoms with Gasteiger partial charge in [0.25, 0.3) is 0 Å². The average Bonchev–Trinajstić information content (AvgIpc) is 2.63. The first-order chi connectivity index (χ1) is 13.6. The van der Waals surface area contributed by atoms with E-state index in [2.05, 4.69) is 17.6 Å². The summed E-state index contributed by atoms with van der Waals surface area (Å²) in [5.74, 6) is -0.614. The number of nitrogens with zero attached hydrogens (tertiary/aromatic N) is 1. The zero-order chi connectivity index (χ0) is 22.0. The molecule has 7 nitrogen and oxygen atoms in total. The lowest BCUT2D eigenvalue weighted by Crippen LogP contribution is -2.46. The van der Waals surface area contributed by atoms with E-state index in [4.69, 9.17) is 4.74 Å². The molecule has 0 heterocycles. The number of carbonyl (C=O) groups is 3. The van der Waals surface area contributed by atoms with Gasteiger partial charge in [0.2, 0.25) is 11.8 Å². The maximum absolute atomic E-state index is 12.9. The Labute approximate surface area is 174 Å². The molecule has 1 aromatic carbocycles. The first-order valence-corrected chi connectivity index (χ1v) is 10.1. The lowest BCUT2D eigenvalue weighted by atomic mass is 9.99. The zero-order valence-electron chi connectivity index (χ0n) is 18.5. The summed E-state index contributed by atoms with van der Waals surface area (Å²) in [4.78, 5) is 38.8. The predicted molar refractivity (Wildman–Crippen MR) is 113 cm³/mol. The Hall–Kier alpha value is -2.57. The topological polar surface area (TPSA) is 87.7 Å². The number of amides is 3. The highest BCUT2D eigenvalue weighted by Gasteiger charge is 2.29. The Morgan fingerprint density at radius 3 is 2.34 bits per heavy atom.